The monoisotopic (exact) mass is 553 g/mol. The standard InChI is InChI=1S/C27H29ClFN7O3/c28-17-4-9-20-22(15-17)32-24(30)16-23(20)34-11-13-35(14-12-34)26(38)33-21-3-1-2-10-36(25(21)37)27(39)31-19-7-5-18(29)6-8-19/h4-9,15-16,21H,1-3,10-14H2,(H2,30,32)(H,31,39)(H,33,38). The molecule has 3 aromatic rings. The van der Waals surface area contributed by atoms with Crippen LogP contribution in [-0.4, -0.2) is 71.5 Å². The van der Waals surface area contributed by atoms with Crippen molar-refractivity contribution in [3.63, 3.8) is 0 Å². The second-order valence-electron chi connectivity index (χ2n) is 9.63. The molecule has 1 atom stereocenters. The van der Waals surface area contributed by atoms with Crippen LogP contribution in [0.3, 0.4) is 0 Å². The number of halogens is 2. The predicted molar refractivity (Wildman–Crippen MR) is 148 cm³/mol. The number of anilines is 3. The zero-order valence-corrected chi connectivity index (χ0v) is 22.0. The molecule has 0 bridgehead atoms. The molecule has 1 unspecified atom stereocenters. The van der Waals surface area contributed by atoms with E-state index in [1.807, 2.05) is 18.2 Å². The molecule has 10 nitrogen and oxygen atoms in total. The Morgan fingerprint density at radius 3 is 2.46 bits per heavy atom. The van der Waals surface area contributed by atoms with Gasteiger partial charge in [-0.15, -0.1) is 0 Å². The van der Waals surface area contributed by atoms with Crippen molar-refractivity contribution in [3.8, 4) is 0 Å². The lowest BCUT2D eigenvalue weighted by Gasteiger charge is -2.37. The molecule has 0 spiro atoms. The second-order valence-corrected chi connectivity index (χ2v) is 10.1. The average Bonchev–Trinajstić information content (AvgIpc) is 3.10. The third-order valence-corrected chi connectivity index (χ3v) is 7.24. The number of benzene rings is 2. The molecular weight excluding hydrogens is 525 g/mol. The Bertz CT molecular complexity index is 1390. The van der Waals surface area contributed by atoms with Gasteiger partial charge in [0, 0.05) is 60.6 Å². The van der Waals surface area contributed by atoms with Crippen LogP contribution in [-0.2, 0) is 4.79 Å². The third kappa shape index (κ3) is 5.98. The summed E-state index contributed by atoms with van der Waals surface area (Å²) in [5.41, 5.74) is 8.04. The summed E-state index contributed by atoms with van der Waals surface area (Å²) in [6, 6.07) is 10.8. The van der Waals surface area contributed by atoms with Crippen LogP contribution in [0.2, 0.25) is 5.02 Å². The Morgan fingerprint density at radius 1 is 0.974 bits per heavy atom. The van der Waals surface area contributed by atoms with Gasteiger partial charge in [-0.05, 0) is 61.7 Å². The molecular formula is C27H29ClFN7O3. The van der Waals surface area contributed by atoms with E-state index in [9.17, 15) is 18.8 Å². The maximum Gasteiger partial charge on any atom is 0.328 e. The van der Waals surface area contributed by atoms with Gasteiger partial charge in [0.2, 0.25) is 0 Å². The minimum absolute atomic E-state index is 0.241. The van der Waals surface area contributed by atoms with E-state index in [1.54, 1.807) is 11.0 Å². The largest absolute Gasteiger partial charge is 0.384 e. The van der Waals surface area contributed by atoms with Gasteiger partial charge in [-0.3, -0.25) is 9.69 Å². The van der Waals surface area contributed by atoms with Gasteiger partial charge in [0.25, 0.3) is 5.91 Å². The van der Waals surface area contributed by atoms with Gasteiger partial charge < -0.3 is 26.2 Å². The Balaban J connectivity index is 1.20. The van der Waals surface area contributed by atoms with Crippen molar-refractivity contribution in [2.45, 2.75) is 25.3 Å². The molecule has 5 rings (SSSR count). The summed E-state index contributed by atoms with van der Waals surface area (Å²) in [5.74, 6) is -0.498. The summed E-state index contributed by atoms with van der Waals surface area (Å²) in [4.78, 5) is 48.4. The van der Waals surface area contributed by atoms with E-state index in [1.165, 1.54) is 24.3 Å². The van der Waals surface area contributed by atoms with Crippen LogP contribution in [0, 0.1) is 5.82 Å². The molecule has 1 aromatic heterocycles. The highest BCUT2D eigenvalue weighted by molar-refractivity contribution is 6.31. The number of nitrogens with two attached hydrogens (primary N) is 1. The second kappa shape index (κ2) is 11.3. The lowest BCUT2D eigenvalue weighted by Crippen LogP contribution is -2.56. The molecule has 2 saturated heterocycles. The van der Waals surface area contributed by atoms with Crippen LogP contribution in [0.1, 0.15) is 19.3 Å². The summed E-state index contributed by atoms with van der Waals surface area (Å²) >= 11 is 6.12. The van der Waals surface area contributed by atoms with Crippen molar-refractivity contribution in [2.75, 3.05) is 48.7 Å². The summed E-state index contributed by atoms with van der Waals surface area (Å²) in [6.07, 6.45) is 1.75. The van der Waals surface area contributed by atoms with E-state index in [4.69, 9.17) is 17.3 Å². The van der Waals surface area contributed by atoms with E-state index in [0.29, 0.717) is 67.5 Å². The van der Waals surface area contributed by atoms with Gasteiger partial charge in [0.15, 0.2) is 0 Å². The maximum absolute atomic E-state index is 13.2. The van der Waals surface area contributed by atoms with Gasteiger partial charge in [-0.1, -0.05) is 11.6 Å². The number of likely N-dealkylation sites (tertiary alicyclic amines) is 1. The minimum Gasteiger partial charge on any atom is -0.384 e. The molecule has 39 heavy (non-hydrogen) atoms. The molecule has 5 amide bonds. The van der Waals surface area contributed by atoms with Crippen molar-refractivity contribution in [1.29, 1.82) is 0 Å². The number of hydrogen-bond acceptors (Lipinski definition) is 6. The first kappa shape index (κ1) is 26.5. The smallest absolute Gasteiger partial charge is 0.328 e. The number of piperazine rings is 1. The van der Waals surface area contributed by atoms with Crippen molar-refractivity contribution in [3.05, 3.63) is 59.4 Å². The highest BCUT2D eigenvalue weighted by Gasteiger charge is 2.33. The zero-order chi connectivity index (χ0) is 27.5. The number of carbonyl (C=O) groups excluding carboxylic acids is 3. The minimum atomic E-state index is -0.814. The van der Waals surface area contributed by atoms with Crippen LogP contribution in [0.5, 0.6) is 0 Å². The maximum atomic E-state index is 13.2. The number of nitrogens with one attached hydrogen (secondary N) is 2. The Kier molecular flexibility index (Phi) is 7.69. The highest BCUT2D eigenvalue weighted by Crippen LogP contribution is 2.30. The fraction of sp³-hybridized carbons (Fsp3) is 0.333. The number of nitrogen functional groups attached to an aromatic ring is 1. The normalized spacial score (nSPS) is 18.2. The molecule has 0 saturated carbocycles. The van der Waals surface area contributed by atoms with E-state index in [2.05, 4.69) is 20.5 Å². The predicted octanol–water partition coefficient (Wildman–Crippen LogP) is 4.05. The Morgan fingerprint density at radius 2 is 1.72 bits per heavy atom. The topological polar surface area (TPSA) is 124 Å². The third-order valence-electron chi connectivity index (χ3n) is 7.00. The molecule has 2 aliphatic rings. The first-order valence-electron chi connectivity index (χ1n) is 12.8. The quantitative estimate of drug-likeness (QED) is 0.449. The first-order valence-corrected chi connectivity index (χ1v) is 13.2. The lowest BCUT2D eigenvalue weighted by molar-refractivity contribution is -0.129. The number of amides is 5. The van der Waals surface area contributed by atoms with Gasteiger partial charge in [-0.25, -0.2) is 19.0 Å². The number of nitrogens with zero attached hydrogens (tertiary/aromatic N) is 4. The number of fused-ring (bicyclic) bond motifs is 1. The van der Waals surface area contributed by atoms with Gasteiger partial charge in [0.05, 0.1) is 5.52 Å². The van der Waals surface area contributed by atoms with E-state index < -0.39 is 23.8 Å². The number of imide groups is 1. The van der Waals surface area contributed by atoms with Crippen LogP contribution in [0.25, 0.3) is 10.9 Å². The van der Waals surface area contributed by atoms with Crippen LogP contribution in [0.15, 0.2) is 48.5 Å². The summed E-state index contributed by atoms with van der Waals surface area (Å²) in [5, 5.41) is 6.96. The first-order chi connectivity index (χ1) is 18.8. The van der Waals surface area contributed by atoms with Crippen molar-refractivity contribution < 1.29 is 18.8 Å². The van der Waals surface area contributed by atoms with Crippen LogP contribution >= 0.6 is 11.6 Å². The average molecular weight is 554 g/mol. The highest BCUT2D eigenvalue weighted by atomic mass is 35.5. The van der Waals surface area contributed by atoms with Crippen LogP contribution in [0.4, 0.5) is 31.2 Å². The van der Waals surface area contributed by atoms with Crippen molar-refractivity contribution in [2.24, 2.45) is 0 Å². The molecule has 2 aliphatic heterocycles. The fourth-order valence-electron chi connectivity index (χ4n) is 4.96. The molecule has 204 valence electrons. The molecule has 3 heterocycles. The molecule has 0 aliphatic carbocycles. The number of hydrogen-bond donors (Lipinski definition) is 3. The van der Waals surface area contributed by atoms with Crippen LogP contribution < -0.4 is 21.3 Å². The Labute approximate surface area is 229 Å². The molecule has 2 fully saturated rings. The number of pyridine rings is 1. The Hall–Kier alpha value is -4.12. The number of urea groups is 2. The SMILES string of the molecule is Nc1cc(N2CCN(C(=O)NC3CCCCN(C(=O)Nc4ccc(F)cc4)C3=O)CC2)c2ccc(Cl)cc2n1. The lowest BCUT2D eigenvalue weighted by atomic mass is 10.1. The van der Waals surface area contributed by atoms with Gasteiger partial charge >= 0.3 is 12.1 Å². The number of rotatable bonds is 3. The van der Waals surface area contributed by atoms with E-state index in [0.717, 1.165) is 16.0 Å². The summed E-state index contributed by atoms with van der Waals surface area (Å²) < 4.78 is 13.2. The van der Waals surface area contributed by atoms with E-state index in [-0.39, 0.29) is 12.6 Å². The fourth-order valence-corrected chi connectivity index (χ4v) is 5.12. The molecule has 2 aromatic carbocycles. The number of carbonyl (C=O) groups is 3. The number of aromatic nitrogens is 1. The van der Waals surface area contributed by atoms with E-state index >= 15 is 0 Å². The zero-order valence-electron chi connectivity index (χ0n) is 21.2. The summed E-state index contributed by atoms with van der Waals surface area (Å²) in [7, 11) is 0. The van der Waals surface area contributed by atoms with Gasteiger partial charge in [0.1, 0.15) is 17.7 Å². The van der Waals surface area contributed by atoms with Crippen molar-refractivity contribution in [1.82, 2.24) is 20.1 Å². The van der Waals surface area contributed by atoms with Crippen molar-refractivity contribution >= 4 is 57.7 Å². The van der Waals surface area contributed by atoms with Gasteiger partial charge in [-0.2, -0.15) is 0 Å². The summed E-state index contributed by atoms with van der Waals surface area (Å²) in [6.45, 7) is 2.27. The molecule has 0 radical (unpaired) electrons. The molecule has 12 heteroatoms. The molecule has 4 N–H and O–H groups in total.